The number of aldehydes is 1. The van der Waals surface area contributed by atoms with Crippen LogP contribution in [0.25, 0.3) is 0 Å². The summed E-state index contributed by atoms with van der Waals surface area (Å²) in [5.74, 6) is 0.793. The van der Waals surface area contributed by atoms with Crippen molar-refractivity contribution in [2.24, 2.45) is 5.92 Å². The predicted octanol–water partition coefficient (Wildman–Crippen LogP) is 8.38. The van der Waals surface area contributed by atoms with Gasteiger partial charge in [0.1, 0.15) is 6.29 Å². The van der Waals surface area contributed by atoms with E-state index >= 15 is 0 Å². The van der Waals surface area contributed by atoms with Gasteiger partial charge in [-0.15, -0.1) is 12.8 Å². The standard InChI is InChI=1S/C11H20.C8H18N2.C8H16.C6H14N2.C2H6O.C2H4O.C2H2/c1-4-5-6-7-8-9-10-11(2)3;1-9-8-4-3-6-10(2)7-5-8;1-2-4-6-8-7-5-3-1;1-2-8-5-3-7-4-6-8;1-3-2;1-2-3;1-2/h5-6,8-9,11H,4,7,10H2,1-3H3;8-9H,3-7H2,1-2H3;1-8H2;7H,2-6H2,1H3;1-2H3;2H,1H3;1-2H/b6-5-,9-8-;;;;;;. The molecule has 2 N–H and O–H groups in total. The van der Waals surface area contributed by atoms with Crippen molar-refractivity contribution in [1.29, 1.82) is 0 Å². The molecule has 3 fully saturated rings. The molecule has 3 aliphatic rings. The minimum Gasteiger partial charge on any atom is -0.388 e. The Bertz CT molecular complexity index is 577. The van der Waals surface area contributed by atoms with E-state index in [0.717, 1.165) is 31.1 Å². The molecule has 3 rings (SSSR count). The van der Waals surface area contributed by atoms with Gasteiger partial charge in [-0.25, -0.2) is 0 Å². The molecule has 0 amide bonds. The van der Waals surface area contributed by atoms with Crippen LogP contribution in [0, 0.1) is 18.8 Å². The van der Waals surface area contributed by atoms with Crippen molar-refractivity contribution in [2.75, 3.05) is 74.1 Å². The first-order valence-corrected chi connectivity index (χ1v) is 18.1. The number of hydrogen-bond acceptors (Lipinski definition) is 6. The van der Waals surface area contributed by atoms with Crippen LogP contribution >= 0.6 is 0 Å². The molecule has 0 aromatic heterocycles. The second-order valence-electron chi connectivity index (χ2n) is 12.1. The van der Waals surface area contributed by atoms with Crippen LogP contribution in [-0.4, -0.2) is 96.3 Å². The number of carbonyl (C=O) groups is 1. The number of rotatable bonds is 7. The average Bonchev–Trinajstić information content (AvgIpc) is 3.25. The van der Waals surface area contributed by atoms with E-state index in [1.165, 1.54) is 130 Å². The number of likely N-dealkylation sites (N-methyl/N-ethyl adjacent to an activating group) is 1. The van der Waals surface area contributed by atoms with Gasteiger partial charge in [0.2, 0.25) is 0 Å². The zero-order chi connectivity index (χ0) is 34.8. The molecule has 1 saturated carbocycles. The van der Waals surface area contributed by atoms with E-state index in [2.05, 4.69) is 104 Å². The summed E-state index contributed by atoms with van der Waals surface area (Å²) < 4.78 is 4.25. The van der Waals surface area contributed by atoms with Crippen LogP contribution in [-0.2, 0) is 9.53 Å². The third-order valence-corrected chi connectivity index (χ3v) is 7.47. The molecule has 0 radical (unpaired) electrons. The zero-order valence-electron chi connectivity index (χ0n) is 31.8. The Kier molecular flexibility index (Phi) is 52.5. The lowest BCUT2D eigenvalue weighted by Crippen LogP contribution is -2.43. The number of terminal acetylenes is 1. The molecule has 2 aliphatic heterocycles. The first kappa shape index (κ1) is 50.4. The minimum atomic E-state index is 0.750. The van der Waals surface area contributed by atoms with Crippen molar-refractivity contribution in [3.05, 3.63) is 24.3 Å². The van der Waals surface area contributed by atoms with Crippen molar-refractivity contribution in [1.82, 2.24) is 20.4 Å². The maximum Gasteiger partial charge on any atom is 0.116 e. The lowest BCUT2D eigenvalue weighted by atomic mass is 10.0. The van der Waals surface area contributed by atoms with Crippen LogP contribution in [0.4, 0.5) is 0 Å². The largest absolute Gasteiger partial charge is 0.388 e. The Morgan fingerprint density at radius 2 is 1.29 bits per heavy atom. The van der Waals surface area contributed by atoms with Crippen molar-refractivity contribution in [2.45, 2.75) is 131 Å². The smallest absolute Gasteiger partial charge is 0.116 e. The van der Waals surface area contributed by atoms with Crippen LogP contribution in [0.15, 0.2) is 24.3 Å². The summed E-state index contributed by atoms with van der Waals surface area (Å²) in [6.07, 6.45) is 37.2. The Morgan fingerprint density at radius 3 is 1.67 bits per heavy atom. The summed E-state index contributed by atoms with van der Waals surface area (Å²) in [7, 11) is 7.52. The fourth-order valence-electron chi connectivity index (χ4n) is 4.78. The Labute approximate surface area is 283 Å². The highest BCUT2D eigenvalue weighted by atomic mass is 16.4. The number of hydrogen-bond donors (Lipinski definition) is 2. The SMILES string of the molecule is C#C.C1CCCCCCC1.CC/C=C\C/C=C\CC(C)C.CC=O.CCN1CCNCC1.CNC1CCCN(C)CC1.COC. The zero-order valence-corrected chi connectivity index (χ0v) is 31.8. The summed E-state index contributed by atoms with van der Waals surface area (Å²) >= 11 is 0. The summed E-state index contributed by atoms with van der Waals surface area (Å²) in [6.45, 7) is 18.9. The fourth-order valence-corrected chi connectivity index (χ4v) is 4.78. The highest BCUT2D eigenvalue weighted by Crippen LogP contribution is 2.15. The van der Waals surface area contributed by atoms with Gasteiger partial charge in [0.25, 0.3) is 0 Å². The number of piperazine rings is 1. The maximum atomic E-state index is 8.81. The molecular weight excluding hydrogens is 556 g/mol. The van der Waals surface area contributed by atoms with Gasteiger partial charge >= 0.3 is 0 Å². The summed E-state index contributed by atoms with van der Waals surface area (Å²) in [5.41, 5.74) is 0. The van der Waals surface area contributed by atoms with E-state index in [1.54, 1.807) is 14.2 Å². The van der Waals surface area contributed by atoms with Crippen LogP contribution in [0.5, 0.6) is 0 Å². The molecule has 268 valence electrons. The number of ether oxygens (including phenoxy) is 1. The van der Waals surface area contributed by atoms with E-state index in [9.17, 15) is 0 Å². The van der Waals surface area contributed by atoms with Crippen molar-refractivity contribution >= 4 is 6.29 Å². The van der Waals surface area contributed by atoms with Crippen LogP contribution in [0.2, 0.25) is 0 Å². The van der Waals surface area contributed by atoms with Gasteiger partial charge in [-0.05, 0) is 85.1 Å². The van der Waals surface area contributed by atoms with Gasteiger partial charge in [0.15, 0.2) is 0 Å². The second-order valence-corrected chi connectivity index (χ2v) is 12.1. The number of nitrogens with zero attached hydrogens (tertiary/aromatic N) is 2. The Hall–Kier alpha value is -1.49. The highest BCUT2D eigenvalue weighted by Gasteiger charge is 2.11. The monoisotopic (exact) mass is 637 g/mol. The fraction of sp³-hybridized carbons (Fsp3) is 0.821. The van der Waals surface area contributed by atoms with E-state index in [-0.39, 0.29) is 0 Å². The number of allylic oxidation sites excluding steroid dienone is 4. The van der Waals surface area contributed by atoms with Gasteiger partial charge in [-0.3, -0.25) is 0 Å². The number of likely N-dealkylation sites (tertiary alicyclic amines) is 1. The molecule has 0 aromatic rings. The molecule has 6 heteroatoms. The average molecular weight is 637 g/mol. The maximum absolute atomic E-state index is 8.81. The third kappa shape index (κ3) is 49.6. The molecule has 6 nitrogen and oxygen atoms in total. The quantitative estimate of drug-likeness (QED) is 0.166. The molecule has 2 saturated heterocycles. The molecule has 45 heavy (non-hydrogen) atoms. The second kappa shape index (κ2) is 46.9. The van der Waals surface area contributed by atoms with E-state index < -0.39 is 0 Å². The minimum absolute atomic E-state index is 0.750. The van der Waals surface area contributed by atoms with Gasteiger partial charge < -0.3 is 30.0 Å². The Balaban J connectivity index is -0.000000232. The van der Waals surface area contributed by atoms with E-state index in [4.69, 9.17) is 4.79 Å². The van der Waals surface area contributed by atoms with Gasteiger partial charge in [-0.1, -0.05) is 103 Å². The van der Waals surface area contributed by atoms with Gasteiger partial charge in [0, 0.05) is 46.4 Å². The van der Waals surface area contributed by atoms with Crippen LogP contribution in [0.1, 0.15) is 125 Å². The van der Waals surface area contributed by atoms with Gasteiger partial charge in [0.05, 0.1) is 0 Å². The molecule has 0 spiro atoms. The lowest BCUT2D eigenvalue weighted by Gasteiger charge is -2.25. The summed E-state index contributed by atoms with van der Waals surface area (Å²) in [6, 6.07) is 0.768. The molecule has 1 atom stereocenters. The normalized spacial score (nSPS) is 18.9. The third-order valence-electron chi connectivity index (χ3n) is 7.47. The van der Waals surface area contributed by atoms with Crippen LogP contribution in [0.3, 0.4) is 0 Å². The topological polar surface area (TPSA) is 56.8 Å². The molecule has 0 bridgehead atoms. The lowest BCUT2D eigenvalue weighted by molar-refractivity contribution is -0.106. The summed E-state index contributed by atoms with van der Waals surface area (Å²) in [4.78, 5) is 13.7. The predicted molar refractivity (Wildman–Crippen MR) is 203 cm³/mol. The molecular formula is C39H80N4O2. The first-order valence-electron chi connectivity index (χ1n) is 18.1. The van der Waals surface area contributed by atoms with Crippen molar-refractivity contribution in [3.8, 4) is 12.8 Å². The molecule has 2 heterocycles. The van der Waals surface area contributed by atoms with Crippen molar-refractivity contribution in [3.63, 3.8) is 0 Å². The van der Waals surface area contributed by atoms with Crippen LogP contribution < -0.4 is 10.6 Å². The number of carbonyl (C=O) groups excluding carboxylic acids is 1. The van der Waals surface area contributed by atoms with E-state index in [0.29, 0.717) is 0 Å². The number of methoxy groups -OCH3 is 1. The number of nitrogens with one attached hydrogen (secondary N) is 2. The first-order chi connectivity index (χ1) is 21.9. The molecule has 1 aliphatic carbocycles. The Morgan fingerprint density at radius 1 is 0.822 bits per heavy atom. The van der Waals surface area contributed by atoms with Gasteiger partial charge in [-0.2, -0.15) is 0 Å². The van der Waals surface area contributed by atoms with Crippen molar-refractivity contribution < 1.29 is 9.53 Å². The highest BCUT2D eigenvalue weighted by molar-refractivity contribution is 5.44. The molecule has 0 aromatic carbocycles. The summed E-state index contributed by atoms with van der Waals surface area (Å²) in [5, 5.41) is 6.65. The van der Waals surface area contributed by atoms with E-state index in [1.807, 2.05) is 0 Å². The molecule has 1 unspecified atom stereocenters.